The summed E-state index contributed by atoms with van der Waals surface area (Å²) in [4.78, 5) is 24.5. The maximum absolute atomic E-state index is 12.0. The van der Waals surface area contributed by atoms with Gasteiger partial charge >= 0.3 is 0 Å². The number of nitrogens with zero attached hydrogens (tertiary/aromatic N) is 3. The molecular formula is C26H28ClN5O2. The second-order valence-electron chi connectivity index (χ2n) is 8.80. The molecule has 1 saturated heterocycles. The molecule has 3 heterocycles. The number of piperazine rings is 1. The minimum absolute atomic E-state index is 0.0790. The van der Waals surface area contributed by atoms with Crippen LogP contribution in [0.5, 0.6) is 0 Å². The fourth-order valence-corrected chi connectivity index (χ4v) is 4.92. The van der Waals surface area contributed by atoms with Crippen LogP contribution >= 0.6 is 11.6 Å². The maximum atomic E-state index is 12.0. The SMILES string of the molecule is O=CC1CN(Cc2cc3cc(Cl)ccc3[nH]2)CCN1Cc1ccc2c(NCCO)ccnc2c1. The molecule has 34 heavy (non-hydrogen) atoms. The zero-order chi connectivity index (χ0) is 23.5. The molecule has 0 radical (unpaired) electrons. The Labute approximate surface area is 203 Å². The van der Waals surface area contributed by atoms with Crippen molar-refractivity contribution in [1.29, 1.82) is 0 Å². The van der Waals surface area contributed by atoms with E-state index in [0.29, 0.717) is 19.6 Å². The molecule has 8 heteroatoms. The van der Waals surface area contributed by atoms with Gasteiger partial charge in [0.05, 0.1) is 18.2 Å². The number of hydrogen-bond donors (Lipinski definition) is 3. The summed E-state index contributed by atoms with van der Waals surface area (Å²) < 4.78 is 0. The first kappa shape index (κ1) is 22.8. The maximum Gasteiger partial charge on any atom is 0.138 e. The van der Waals surface area contributed by atoms with Crippen molar-refractivity contribution in [2.45, 2.75) is 19.1 Å². The van der Waals surface area contributed by atoms with E-state index in [1.165, 1.54) is 0 Å². The number of nitrogens with one attached hydrogen (secondary N) is 2. The van der Waals surface area contributed by atoms with Gasteiger partial charge < -0.3 is 20.2 Å². The highest BCUT2D eigenvalue weighted by atomic mass is 35.5. The van der Waals surface area contributed by atoms with Crippen molar-refractivity contribution >= 4 is 45.4 Å². The highest BCUT2D eigenvalue weighted by Gasteiger charge is 2.27. The van der Waals surface area contributed by atoms with Gasteiger partial charge in [0.1, 0.15) is 6.29 Å². The summed E-state index contributed by atoms with van der Waals surface area (Å²) in [5.41, 5.74) is 5.20. The third kappa shape index (κ3) is 4.93. The Morgan fingerprint density at radius 1 is 1.15 bits per heavy atom. The molecule has 0 bridgehead atoms. The van der Waals surface area contributed by atoms with E-state index < -0.39 is 0 Å². The van der Waals surface area contributed by atoms with Gasteiger partial charge in [0.25, 0.3) is 0 Å². The van der Waals surface area contributed by atoms with Crippen LogP contribution in [0.25, 0.3) is 21.8 Å². The number of aldehydes is 1. The quantitative estimate of drug-likeness (QED) is 0.336. The summed E-state index contributed by atoms with van der Waals surface area (Å²) in [6, 6.07) is 16.0. The molecule has 4 aromatic rings. The van der Waals surface area contributed by atoms with Crippen molar-refractivity contribution in [3.8, 4) is 0 Å². The third-order valence-electron chi connectivity index (χ3n) is 6.43. The lowest BCUT2D eigenvalue weighted by Gasteiger charge is -2.38. The molecule has 5 rings (SSSR count). The predicted octanol–water partition coefficient (Wildman–Crippen LogP) is 3.66. The molecule has 3 N–H and O–H groups in total. The number of anilines is 1. The molecule has 1 fully saturated rings. The number of aliphatic hydroxyl groups is 1. The number of aliphatic hydroxyl groups excluding tert-OH is 1. The number of rotatable bonds is 8. The standard InChI is InChI=1S/C26H28ClN5O2/c27-20-2-4-24-19(12-20)13-21(30-24)15-31-8-9-32(22(16-31)17-34)14-18-1-3-23-25(29-7-10-33)5-6-28-26(23)11-18/h1-6,11-13,17,22,30,33H,7-10,14-16H2,(H,28,29). The first-order valence-electron chi connectivity index (χ1n) is 11.5. The number of benzene rings is 2. The molecule has 2 aromatic heterocycles. The van der Waals surface area contributed by atoms with Gasteiger partial charge in [-0.25, -0.2) is 0 Å². The van der Waals surface area contributed by atoms with Gasteiger partial charge in [0, 0.05) is 78.2 Å². The van der Waals surface area contributed by atoms with Crippen molar-refractivity contribution < 1.29 is 9.90 Å². The Bertz CT molecular complexity index is 1310. The van der Waals surface area contributed by atoms with Crippen molar-refractivity contribution in [3.05, 3.63) is 71.0 Å². The molecule has 0 amide bonds. The molecule has 0 aliphatic carbocycles. The van der Waals surface area contributed by atoms with E-state index in [0.717, 1.165) is 69.7 Å². The normalized spacial score (nSPS) is 17.4. The molecule has 1 aliphatic rings. The number of pyridine rings is 1. The van der Waals surface area contributed by atoms with Crippen LogP contribution < -0.4 is 5.32 Å². The number of fused-ring (bicyclic) bond motifs is 2. The summed E-state index contributed by atoms with van der Waals surface area (Å²) in [5.74, 6) is 0. The highest BCUT2D eigenvalue weighted by molar-refractivity contribution is 6.31. The summed E-state index contributed by atoms with van der Waals surface area (Å²) >= 11 is 6.12. The average Bonchev–Trinajstić information content (AvgIpc) is 3.24. The van der Waals surface area contributed by atoms with Crippen LogP contribution in [0.15, 0.2) is 54.7 Å². The van der Waals surface area contributed by atoms with Crippen molar-refractivity contribution in [2.24, 2.45) is 0 Å². The van der Waals surface area contributed by atoms with Crippen molar-refractivity contribution in [1.82, 2.24) is 19.8 Å². The number of hydrogen-bond acceptors (Lipinski definition) is 6. The average molecular weight is 478 g/mol. The second kappa shape index (κ2) is 10.1. The van der Waals surface area contributed by atoms with Crippen molar-refractivity contribution in [3.63, 3.8) is 0 Å². The summed E-state index contributed by atoms with van der Waals surface area (Å²) in [6.45, 7) is 4.46. The fourth-order valence-electron chi connectivity index (χ4n) is 4.74. The lowest BCUT2D eigenvalue weighted by Crippen LogP contribution is -2.53. The molecule has 176 valence electrons. The third-order valence-corrected chi connectivity index (χ3v) is 6.66. The Kier molecular flexibility index (Phi) is 6.78. The monoisotopic (exact) mass is 477 g/mol. The van der Waals surface area contributed by atoms with Gasteiger partial charge in [0.2, 0.25) is 0 Å². The molecular weight excluding hydrogens is 450 g/mol. The Morgan fingerprint density at radius 2 is 2.06 bits per heavy atom. The van der Waals surface area contributed by atoms with Crippen LogP contribution in [-0.2, 0) is 17.9 Å². The number of aromatic nitrogens is 2. The van der Waals surface area contributed by atoms with E-state index in [4.69, 9.17) is 16.7 Å². The van der Waals surface area contributed by atoms with Crippen LogP contribution in [0.4, 0.5) is 5.69 Å². The number of carbonyl (C=O) groups is 1. The van der Waals surface area contributed by atoms with Crippen LogP contribution in [0.1, 0.15) is 11.3 Å². The van der Waals surface area contributed by atoms with Gasteiger partial charge in [-0.05, 0) is 42.0 Å². The fraction of sp³-hybridized carbons (Fsp3) is 0.308. The summed E-state index contributed by atoms with van der Waals surface area (Å²) in [7, 11) is 0. The number of H-pyrrole nitrogens is 1. The van der Waals surface area contributed by atoms with E-state index in [-0.39, 0.29) is 12.6 Å². The Hall–Kier alpha value is -2.97. The predicted molar refractivity (Wildman–Crippen MR) is 136 cm³/mol. The molecule has 2 aromatic carbocycles. The minimum atomic E-state index is -0.159. The van der Waals surface area contributed by atoms with Crippen LogP contribution in [0, 0.1) is 0 Å². The highest BCUT2D eigenvalue weighted by Crippen LogP contribution is 2.25. The first-order chi connectivity index (χ1) is 16.6. The molecule has 7 nitrogen and oxygen atoms in total. The Morgan fingerprint density at radius 3 is 2.91 bits per heavy atom. The second-order valence-corrected chi connectivity index (χ2v) is 9.23. The smallest absolute Gasteiger partial charge is 0.138 e. The van der Waals surface area contributed by atoms with Gasteiger partial charge in [-0.2, -0.15) is 0 Å². The molecule has 1 atom stereocenters. The number of carbonyl (C=O) groups excluding carboxylic acids is 1. The van der Waals surface area contributed by atoms with Gasteiger partial charge in [-0.3, -0.25) is 14.8 Å². The largest absolute Gasteiger partial charge is 0.395 e. The van der Waals surface area contributed by atoms with Crippen LogP contribution in [0.2, 0.25) is 5.02 Å². The lowest BCUT2D eigenvalue weighted by atomic mass is 10.1. The van der Waals surface area contributed by atoms with Gasteiger partial charge in [-0.15, -0.1) is 0 Å². The summed E-state index contributed by atoms with van der Waals surface area (Å²) in [6.07, 6.45) is 2.84. The molecule has 0 spiro atoms. The molecule has 1 aliphatic heterocycles. The lowest BCUT2D eigenvalue weighted by molar-refractivity contribution is -0.115. The Balaban J connectivity index is 1.25. The minimum Gasteiger partial charge on any atom is -0.395 e. The van der Waals surface area contributed by atoms with E-state index in [2.05, 4.69) is 49.4 Å². The van der Waals surface area contributed by atoms with E-state index in [1.54, 1.807) is 6.20 Å². The topological polar surface area (TPSA) is 84.5 Å². The van der Waals surface area contributed by atoms with Gasteiger partial charge in [0.15, 0.2) is 0 Å². The first-order valence-corrected chi connectivity index (χ1v) is 11.9. The van der Waals surface area contributed by atoms with Gasteiger partial charge in [-0.1, -0.05) is 23.7 Å². The van der Waals surface area contributed by atoms with Crippen LogP contribution in [0.3, 0.4) is 0 Å². The number of aromatic amines is 1. The molecule has 0 saturated carbocycles. The van der Waals surface area contributed by atoms with E-state index in [1.807, 2.05) is 24.3 Å². The zero-order valence-electron chi connectivity index (χ0n) is 18.9. The summed E-state index contributed by atoms with van der Waals surface area (Å²) in [5, 5.41) is 15.2. The molecule has 1 unspecified atom stereocenters. The van der Waals surface area contributed by atoms with Crippen molar-refractivity contribution in [2.75, 3.05) is 38.1 Å². The number of halogens is 1. The van der Waals surface area contributed by atoms with Crippen LogP contribution in [-0.4, -0.2) is 70.0 Å². The van der Waals surface area contributed by atoms with E-state index in [9.17, 15) is 4.79 Å². The zero-order valence-corrected chi connectivity index (χ0v) is 19.6. The van der Waals surface area contributed by atoms with E-state index >= 15 is 0 Å².